The van der Waals surface area contributed by atoms with Crippen LogP contribution in [0.5, 0.6) is 0 Å². The number of anilines is 1. The minimum Gasteiger partial charge on any atom is -0.315 e. The summed E-state index contributed by atoms with van der Waals surface area (Å²) < 4.78 is 2.62. The lowest BCUT2D eigenvalue weighted by Gasteiger charge is -2.30. The molecule has 164 valence electrons. The van der Waals surface area contributed by atoms with Crippen LogP contribution in [0.1, 0.15) is 51.9 Å². The van der Waals surface area contributed by atoms with Crippen LogP contribution < -0.4 is 10.9 Å². The summed E-state index contributed by atoms with van der Waals surface area (Å²) in [6.07, 6.45) is 2.63. The number of unbranched alkanes of at least 4 members (excludes halogenated alkanes) is 1. The van der Waals surface area contributed by atoms with E-state index < -0.39 is 0 Å². The molecular formula is C24H29BrN4O2. The molecule has 0 aliphatic heterocycles. The first kappa shape index (κ1) is 23.0. The molecule has 31 heavy (non-hydrogen) atoms. The lowest BCUT2D eigenvalue weighted by molar-refractivity contribution is 0.187. The van der Waals surface area contributed by atoms with Gasteiger partial charge in [0.15, 0.2) is 0 Å². The maximum absolute atomic E-state index is 13.2. The van der Waals surface area contributed by atoms with Crippen LogP contribution in [0, 0.1) is 0 Å². The second kappa shape index (κ2) is 10.6. The molecule has 7 heteroatoms. The quantitative estimate of drug-likeness (QED) is 0.428. The van der Waals surface area contributed by atoms with E-state index in [-0.39, 0.29) is 17.6 Å². The Labute approximate surface area is 191 Å². The average molecular weight is 485 g/mol. The second-order valence-corrected chi connectivity index (χ2v) is 8.52. The second-order valence-electron chi connectivity index (χ2n) is 7.61. The smallest absolute Gasteiger partial charge is 0.315 e. The summed E-state index contributed by atoms with van der Waals surface area (Å²) >= 11 is 3.44. The molecule has 0 aliphatic carbocycles. The summed E-state index contributed by atoms with van der Waals surface area (Å²) in [4.78, 5) is 33.0. The molecule has 2 amide bonds. The molecule has 2 aromatic carbocycles. The van der Waals surface area contributed by atoms with Crippen molar-refractivity contribution in [1.82, 2.24) is 14.5 Å². The molecule has 1 atom stereocenters. The number of aromatic nitrogens is 2. The van der Waals surface area contributed by atoms with Gasteiger partial charge < -0.3 is 10.2 Å². The van der Waals surface area contributed by atoms with Crippen molar-refractivity contribution in [3.63, 3.8) is 0 Å². The Balaban J connectivity index is 2.01. The van der Waals surface area contributed by atoms with Crippen LogP contribution >= 0.6 is 15.9 Å². The zero-order valence-corrected chi connectivity index (χ0v) is 19.9. The molecule has 0 saturated carbocycles. The van der Waals surface area contributed by atoms with Gasteiger partial charge in [-0.05, 0) is 50.1 Å². The van der Waals surface area contributed by atoms with E-state index >= 15 is 0 Å². The number of fused-ring (bicyclic) bond motifs is 1. The van der Waals surface area contributed by atoms with E-state index in [4.69, 9.17) is 4.98 Å². The van der Waals surface area contributed by atoms with E-state index in [1.54, 1.807) is 15.5 Å². The number of carbonyl (C=O) groups excluding carboxylic acids is 1. The third-order valence-electron chi connectivity index (χ3n) is 5.27. The van der Waals surface area contributed by atoms with E-state index in [1.807, 2.05) is 56.3 Å². The van der Waals surface area contributed by atoms with Crippen molar-refractivity contribution in [2.75, 3.05) is 11.9 Å². The zero-order chi connectivity index (χ0) is 22.4. The highest BCUT2D eigenvalue weighted by Gasteiger charge is 2.26. The molecule has 3 rings (SSSR count). The molecule has 3 aromatic rings. The maximum Gasteiger partial charge on any atom is 0.322 e. The van der Waals surface area contributed by atoms with Crippen molar-refractivity contribution in [3.05, 3.63) is 69.2 Å². The number of nitrogens with one attached hydrogen (secondary N) is 1. The van der Waals surface area contributed by atoms with E-state index in [2.05, 4.69) is 28.2 Å². The van der Waals surface area contributed by atoms with E-state index in [9.17, 15) is 9.59 Å². The first-order chi connectivity index (χ1) is 15.0. The largest absolute Gasteiger partial charge is 0.322 e. The Kier molecular flexibility index (Phi) is 7.85. The fourth-order valence-corrected chi connectivity index (χ4v) is 4.04. The summed E-state index contributed by atoms with van der Waals surface area (Å²) in [7, 11) is 0. The van der Waals surface area contributed by atoms with Gasteiger partial charge in [-0.3, -0.25) is 9.36 Å². The third-order valence-corrected chi connectivity index (χ3v) is 5.76. The van der Waals surface area contributed by atoms with Crippen molar-refractivity contribution in [3.8, 4) is 0 Å². The van der Waals surface area contributed by atoms with Gasteiger partial charge in [-0.1, -0.05) is 54.4 Å². The van der Waals surface area contributed by atoms with Gasteiger partial charge in [0, 0.05) is 23.2 Å². The zero-order valence-electron chi connectivity index (χ0n) is 18.3. The van der Waals surface area contributed by atoms with Crippen LogP contribution in [-0.4, -0.2) is 27.0 Å². The highest BCUT2D eigenvalue weighted by Crippen LogP contribution is 2.23. The van der Waals surface area contributed by atoms with Gasteiger partial charge in [0.05, 0.1) is 16.9 Å². The lowest BCUT2D eigenvalue weighted by Crippen LogP contribution is -2.40. The molecule has 0 bridgehead atoms. The van der Waals surface area contributed by atoms with Gasteiger partial charge >= 0.3 is 6.03 Å². The Morgan fingerprint density at radius 2 is 1.94 bits per heavy atom. The van der Waals surface area contributed by atoms with Gasteiger partial charge in [0.25, 0.3) is 5.56 Å². The number of para-hydroxylation sites is 1. The number of amides is 2. The van der Waals surface area contributed by atoms with Crippen molar-refractivity contribution in [2.24, 2.45) is 0 Å². The van der Waals surface area contributed by atoms with Crippen molar-refractivity contribution in [2.45, 2.75) is 52.6 Å². The fourth-order valence-electron chi connectivity index (χ4n) is 3.64. The van der Waals surface area contributed by atoms with Crippen LogP contribution in [0.2, 0.25) is 0 Å². The van der Waals surface area contributed by atoms with E-state index in [0.717, 1.165) is 23.7 Å². The summed E-state index contributed by atoms with van der Waals surface area (Å²) in [5.74, 6) is 0.617. The highest BCUT2D eigenvalue weighted by atomic mass is 79.9. The predicted octanol–water partition coefficient (Wildman–Crippen LogP) is 5.96. The van der Waals surface area contributed by atoms with Gasteiger partial charge in [-0.15, -0.1) is 0 Å². The first-order valence-electron chi connectivity index (χ1n) is 10.8. The standard InChI is InChI=1S/C24H29BrN4O2/c1-4-6-15-28(24(31)26-19-11-9-10-18(25)16-19)17(3)22-27-21-13-8-7-12-20(21)23(30)29(22)14-5-2/h7-13,16-17H,4-6,14-15H2,1-3H3,(H,26,31). The molecule has 0 fully saturated rings. The van der Waals surface area contributed by atoms with Crippen molar-refractivity contribution >= 4 is 38.6 Å². The Bertz CT molecular complexity index is 1110. The molecule has 0 aliphatic rings. The lowest BCUT2D eigenvalue weighted by atomic mass is 10.2. The number of rotatable bonds is 8. The minimum absolute atomic E-state index is 0.0582. The molecule has 1 heterocycles. The Morgan fingerprint density at radius 3 is 2.65 bits per heavy atom. The van der Waals surface area contributed by atoms with Crippen LogP contribution in [0.25, 0.3) is 10.9 Å². The number of benzene rings is 2. The van der Waals surface area contributed by atoms with Gasteiger partial charge in [-0.25, -0.2) is 9.78 Å². The fraction of sp³-hybridized carbons (Fsp3) is 0.375. The molecule has 0 radical (unpaired) electrons. The molecule has 0 spiro atoms. The van der Waals surface area contributed by atoms with Crippen molar-refractivity contribution in [1.29, 1.82) is 0 Å². The number of hydrogen-bond acceptors (Lipinski definition) is 3. The van der Waals surface area contributed by atoms with Gasteiger partial charge in [0.1, 0.15) is 5.82 Å². The van der Waals surface area contributed by atoms with Crippen LogP contribution in [-0.2, 0) is 6.54 Å². The predicted molar refractivity (Wildman–Crippen MR) is 129 cm³/mol. The molecule has 1 N–H and O–H groups in total. The summed E-state index contributed by atoms with van der Waals surface area (Å²) in [6.45, 7) is 7.21. The Morgan fingerprint density at radius 1 is 1.16 bits per heavy atom. The third kappa shape index (κ3) is 5.34. The number of urea groups is 1. The topological polar surface area (TPSA) is 67.2 Å². The number of nitrogens with zero attached hydrogens (tertiary/aromatic N) is 3. The summed E-state index contributed by atoms with van der Waals surface area (Å²) in [5, 5.41) is 3.59. The van der Waals surface area contributed by atoms with Crippen LogP contribution in [0.3, 0.4) is 0 Å². The molecule has 6 nitrogen and oxygen atoms in total. The number of carbonyl (C=O) groups is 1. The van der Waals surface area contributed by atoms with E-state index in [1.165, 1.54) is 0 Å². The normalized spacial score (nSPS) is 12.0. The summed E-state index contributed by atoms with van der Waals surface area (Å²) in [5.41, 5.74) is 1.31. The van der Waals surface area contributed by atoms with E-state index in [0.29, 0.717) is 35.5 Å². The number of halogens is 1. The van der Waals surface area contributed by atoms with Gasteiger partial charge in [0.2, 0.25) is 0 Å². The number of hydrogen-bond donors (Lipinski definition) is 1. The Hall–Kier alpha value is -2.67. The SMILES string of the molecule is CCCCN(C(=O)Nc1cccc(Br)c1)C(C)c1nc2ccccc2c(=O)n1CCC. The molecule has 1 unspecified atom stereocenters. The summed E-state index contributed by atoms with van der Waals surface area (Å²) in [6, 6.07) is 14.3. The van der Waals surface area contributed by atoms with Gasteiger partial charge in [-0.2, -0.15) is 0 Å². The monoisotopic (exact) mass is 484 g/mol. The van der Waals surface area contributed by atoms with Crippen LogP contribution in [0.15, 0.2) is 57.8 Å². The first-order valence-corrected chi connectivity index (χ1v) is 11.6. The maximum atomic E-state index is 13.2. The molecule has 0 saturated heterocycles. The van der Waals surface area contributed by atoms with Crippen molar-refractivity contribution < 1.29 is 4.79 Å². The highest BCUT2D eigenvalue weighted by molar-refractivity contribution is 9.10. The molecule has 1 aromatic heterocycles. The molecular weight excluding hydrogens is 456 g/mol. The van der Waals surface area contributed by atoms with Crippen LogP contribution in [0.4, 0.5) is 10.5 Å². The minimum atomic E-state index is -0.359. The average Bonchev–Trinajstić information content (AvgIpc) is 2.76.